The fourth-order valence-electron chi connectivity index (χ4n) is 8.08. The Morgan fingerprint density at radius 1 is 1.16 bits per heavy atom. The Kier molecular flexibility index (Phi) is 5.78. The number of piperidine rings is 1. The molecule has 3 heterocycles. The third-order valence-corrected chi connectivity index (χ3v) is 10.1. The maximum atomic E-state index is 14.7. The molecule has 3 saturated carbocycles. The number of carbonyl (C=O) groups excluding carboxylic acids is 1. The first kappa shape index (κ1) is 24.2. The van der Waals surface area contributed by atoms with E-state index in [2.05, 4.69) is 20.9 Å². The second-order valence-corrected chi connectivity index (χ2v) is 12.1. The van der Waals surface area contributed by atoms with E-state index in [1.54, 1.807) is 13.2 Å². The lowest BCUT2D eigenvalue weighted by Gasteiger charge is -2.50. The first-order valence-corrected chi connectivity index (χ1v) is 14.1. The fraction of sp³-hybridized carbons (Fsp3) is 0.516. The van der Waals surface area contributed by atoms with Crippen molar-refractivity contribution in [3.63, 3.8) is 0 Å². The van der Waals surface area contributed by atoms with E-state index < -0.39 is 0 Å². The number of H-pyrrole nitrogens is 1. The summed E-state index contributed by atoms with van der Waals surface area (Å²) in [5.41, 5.74) is 3.71. The molecule has 2 bridgehead atoms. The van der Waals surface area contributed by atoms with Gasteiger partial charge in [-0.25, -0.2) is 4.39 Å². The summed E-state index contributed by atoms with van der Waals surface area (Å²) in [5.74, 6) is 2.53. The topological polar surface area (TPSA) is 68.8 Å². The first-order valence-electron chi connectivity index (χ1n) is 14.1. The van der Waals surface area contributed by atoms with Crippen LogP contribution in [0, 0.1) is 23.6 Å². The molecule has 2 N–H and O–H groups in total. The first-order chi connectivity index (χ1) is 18.5. The van der Waals surface area contributed by atoms with Crippen LogP contribution in [0.1, 0.15) is 55.0 Å². The highest BCUT2D eigenvalue weighted by atomic mass is 19.1. The number of rotatable bonds is 5. The number of aliphatic hydroxyl groups excluding tert-OH is 1. The molecule has 1 unspecified atom stereocenters. The number of aliphatic hydroxyl groups is 1. The Hall–Kier alpha value is -2.90. The van der Waals surface area contributed by atoms with Crippen molar-refractivity contribution in [3.8, 4) is 5.75 Å². The molecule has 2 aromatic carbocycles. The highest BCUT2D eigenvalue weighted by Gasteiger charge is 2.51. The number of hydrogen-bond donors (Lipinski definition) is 2. The van der Waals surface area contributed by atoms with E-state index in [-0.39, 0.29) is 29.8 Å². The highest BCUT2D eigenvalue weighted by molar-refractivity contribution is 5.88. The van der Waals surface area contributed by atoms with Gasteiger partial charge in [-0.1, -0.05) is 18.2 Å². The molecule has 200 valence electrons. The number of nitrogens with zero attached hydrogens (tertiary/aromatic N) is 2. The minimum atomic E-state index is -0.265. The van der Waals surface area contributed by atoms with E-state index in [0.29, 0.717) is 30.5 Å². The van der Waals surface area contributed by atoms with Crippen LogP contribution in [0.4, 0.5) is 4.39 Å². The summed E-state index contributed by atoms with van der Waals surface area (Å²) in [4.78, 5) is 21.4. The molecule has 2 atom stereocenters. The van der Waals surface area contributed by atoms with Gasteiger partial charge in [0.1, 0.15) is 11.6 Å². The zero-order chi connectivity index (χ0) is 26.0. The van der Waals surface area contributed by atoms with Gasteiger partial charge < -0.3 is 19.7 Å². The van der Waals surface area contributed by atoms with Crippen molar-refractivity contribution in [1.29, 1.82) is 0 Å². The van der Waals surface area contributed by atoms with E-state index in [1.165, 1.54) is 24.5 Å². The van der Waals surface area contributed by atoms with Crippen LogP contribution in [-0.4, -0.2) is 59.1 Å². The van der Waals surface area contributed by atoms with Crippen molar-refractivity contribution in [2.75, 3.05) is 33.4 Å². The number of likely N-dealkylation sites (tertiary alicyclic amines) is 1. The molecule has 38 heavy (non-hydrogen) atoms. The molecule has 3 aromatic rings. The molecular formula is C31H36FN3O3. The maximum Gasteiger partial charge on any atom is 0.225 e. The second kappa shape index (κ2) is 9.09. The number of aromatic amines is 1. The van der Waals surface area contributed by atoms with Crippen molar-refractivity contribution in [2.45, 2.75) is 50.1 Å². The standard InChI is InChI=1S/C31H36FN3O3/c1-38-22-6-7-23-26(15-22)33-29-27(17-36)35(16-20-4-2-3-5-25(20)32)18-31(28(23)29)8-10-34(11-9-31)30(37)24-14-19-12-21(24)13-19/h2-7,15,19,21,24,27,33,36H,8-14,16-18H2,1H3/t19?,21?,24-,27?/m0/s1. The number of methoxy groups -OCH3 is 1. The number of amides is 1. The number of benzene rings is 2. The van der Waals surface area contributed by atoms with E-state index in [9.17, 15) is 14.3 Å². The molecule has 0 radical (unpaired) electrons. The number of fused-ring (bicyclic) bond motifs is 5. The molecule has 1 saturated heterocycles. The lowest BCUT2D eigenvalue weighted by molar-refractivity contribution is -0.138. The number of aromatic nitrogens is 1. The van der Waals surface area contributed by atoms with Gasteiger partial charge in [0.05, 0.1) is 19.8 Å². The molecule has 1 aromatic heterocycles. The molecule has 2 aliphatic heterocycles. The molecule has 1 spiro atoms. The fourth-order valence-corrected chi connectivity index (χ4v) is 8.08. The van der Waals surface area contributed by atoms with Crippen LogP contribution in [0.5, 0.6) is 5.75 Å². The van der Waals surface area contributed by atoms with E-state index in [0.717, 1.165) is 60.6 Å². The van der Waals surface area contributed by atoms with Gasteiger partial charge in [-0.05, 0) is 67.7 Å². The van der Waals surface area contributed by atoms with Crippen LogP contribution in [0.25, 0.3) is 10.9 Å². The van der Waals surface area contributed by atoms with Crippen LogP contribution in [0.15, 0.2) is 42.5 Å². The SMILES string of the molecule is COc1ccc2c3c([nH]c2c1)C(CO)N(Cc1ccccc1F)CC31CCN(C(=O)[C@H]2CC3CC2C3)CC1. The van der Waals surface area contributed by atoms with Gasteiger partial charge in [0, 0.05) is 65.7 Å². The van der Waals surface area contributed by atoms with Crippen molar-refractivity contribution in [3.05, 3.63) is 65.1 Å². The Morgan fingerprint density at radius 2 is 1.95 bits per heavy atom. The Labute approximate surface area is 222 Å². The molecule has 6 nitrogen and oxygen atoms in total. The largest absolute Gasteiger partial charge is 0.497 e. The van der Waals surface area contributed by atoms with E-state index in [4.69, 9.17) is 4.74 Å². The van der Waals surface area contributed by atoms with Crippen LogP contribution in [0.2, 0.25) is 0 Å². The average Bonchev–Trinajstić information content (AvgIpc) is 3.63. The minimum Gasteiger partial charge on any atom is -0.497 e. The lowest BCUT2D eigenvalue weighted by Crippen LogP contribution is -2.55. The third kappa shape index (κ3) is 3.69. The second-order valence-electron chi connectivity index (χ2n) is 12.1. The molecule has 5 aliphatic rings. The van der Waals surface area contributed by atoms with Crippen molar-refractivity contribution < 1.29 is 19.0 Å². The monoisotopic (exact) mass is 517 g/mol. The zero-order valence-corrected chi connectivity index (χ0v) is 22.0. The van der Waals surface area contributed by atoms with E-state index >= 15 is 0 Å². The number of halogens is 1. The Morgan fingerprint density at radius 3 is 2.63 bits per heavy atom. The van der Waals surface area contributed by atoms with Crippen molar-refractivity contribution in [1.82, 2.24) is 14.8 Å². The van der Waals surface area contributed by atoms with E-state index in [1.807, 2.05) is 24.3 Å². The number of hydrogen-bond acceptors (Lipinski definition) is 4. The molecule has 4 fully saturated rings. The van der Waals surface area contributed by atoms with Gasteiger partial charge in [0.25, 0.3) is 0 Å². The van der Waals surface area contributed by atoms with Crippen LogP contribution >= 0.6 is 0 Å². The van der Waals surface area contributed by atoms with Crippen LogP contribution in [-0.2, 0) is 16.8 Å². The molecule has 1 amide bonds. The van der Waals surface area contributed by atoms with Crippen LogP contribution < -0.4 is 4.74 Å². The number of nitrogens with one attached hydrogen (secondary N) is 1. The van der Waals surface area contributed by atoms with Crippen molar-refractivity contribution >= 4 is 16.8 Å². The summed E-state index contributed by atoms with van der Waals surface area (Å²) >= 11 is 0. The summed E-state index contributed by atoms with van der Waals surface area (Å²) in [6, 6.07) is 12.8. The Balaban J connectivity index is 1.25. The predicted octanol–water partition coefficient (Wildman–Crippen LogP) is 4.77. The summed E-state index contributed by atoms with van der Waals surface area (Å²) in [5, 5.41) is 11.8. The number of ether oxygens (including phenoxy) is 1. The summed E-state index contributed by atoms with van der Waals surface area (Å²) in [6.45, 7) is 2.56. The smallest absolute Gasteiger partial charge is 0.225 e. The van der Waals surface area contributed by atoms with Gasteiger partial charge in [-0.3, -0.25) is 9.69 Å². The van der Waals surface area contributed by atoms with Gasteiger partial charge in [-0.2, -0.15) is 0 Å². The molecular weight excluding hydrogens is 481 g/mol. The summed E-state index contributed by atoms with van der Waals surface area (Å²) < 4.78 is 20.2. The molecule has 7 heteroatoms. The zero-order valence-electron chi connectivity index (χ0n) is 22.0. The minimum absolute atomic E-state index is 0.0592. The van der Waals surface area contributed by atoms with Gasteiger partial charge in [0.2, 0.25) is 5.91 Å². The Bertz CT molecular complexity index is 1370. The normalized spacial score (nSPS) is 27.9. The lowest BCUT2D eigenvalue weighted by atomic mass is 9.68. The van der Waals surface area contributed by atoms with Gasteiger partial charge in [-0.15, -0.1) is 0 Å². The molecule has 3 aliphatic carbocycles. The summed E-state index contributed by atoms with van der Waals surface area (Å²) in [7, 11) is 1.67. The van der Waals surface area contributed by atoms with Crippen LogP contribution in [0.3, 0.4) is 0 Å². The number of carbonyl (C=O) groups is 1. The van der Waals surface area contributed by atoms with Crippen molar-refractivity contribution in [2.24, 2.45) is 17.8 Å². The third-order valence-electron chi connectivity index (χ3n) is 10.1. The van der Waals surface area contributed by atoms with Gasteiger partial charge in [0.15, 0.2) is 0 Å². The summed E-state index contributed by atoms with van der Waals surface area (Å²) in [6.07, 6.45) is 5.27. The maximum absolute atomic E-state index is 14.7. The average molecular weight is 518 g/mol. The predicted molar refractivity (Wildman–Crippen MR) is 143 cm³/mol. The van der Waals surface area contributed by atoms with Gasteiger partial charge >= 0.3 is 0 Å². The highest BCUT2D eigenvalue weighted by Crippen LogP contribution is 2.54. The molecule has 8 rings (SSSR count). The quantitative estimate of drug-likeness (QED) is 0.512.